The highest BCUT2D eigenvalue weighted by molar-refractivity contribution is 6.51. The summed E-state index contributed by atoms with van der Waals surface area (Å²) in [6.45, 7) is 5.81. The van der Waals surface area contributed by atoms with E-state index >= 15 is 0 Å². The summed E-state index contributed by atoms with van der Waals surface area (Å²) >= 11 is 0. The van der Waals surface area contributed by atoms with Crippen molar-refractivity contribution in [3.63, 3.8) is 0 Å². The van der Waals surface area contributed by atoms with Crippen molar-refractivity contribution in [3.05, 3.63) is 95.1 Å². The predicted molar refractivity (Wildman–Crippen MR) is 134 cm³/mol. The number of aryl methyl sites for hydroxylation is 1. The van der Waals surface area contributed by atoms with Crippen molar-refractivity contribution in [3.8, 4) is 5.75 Å². The van der Waals surface area contributed by atoms with Gasteiger partial charge in [0.25, 0.3) is 5.78 Å². The topological polar surface area (TPSA) is 95.5 Å². The van der Waals surface area contributed by atoms with Gasteiger partial charge in [-0.3, -0.25) is 14.5 Å². The number of carbonyl (C=O) groups excluding carboxylic acids is 2. The van der Waals surface area contributed by atoms with E-state index in [1.807, 2.05) is 57.2 Å². The smallest absolute Gasteiger partial charge is 0.302 e. The third kappa shape index (κ3) is 4.05. The van der Waals surface area contributed by atoms with Gasteiger partial charge in [-0.15, -0.1) is 0 Å². The average Bonchev–Trinajstić information content (AvgIpc) is 3.38. The number of hydrogen-bond donors (Lipinski definition) is 2. The van der Waals surface area contributed by atoms with Crippen LogP contribution in [0.4, 0.5) is 5.95 Å². The van der Waals surface area contributed by atoms with Crippen molar-refractivity contribution in [2.24, 2.45) is 0 Å². The summed E-state index contributed by atoms with van der Waals surface area (Å²) in [4.78, 5) is 35.7. The Bertz CT molecular complexity index is 1420. The second-order valence-corrected chi connectivity index (χ2v) is 8.85. The number of amides is 1. The molecule has 0 aliphatic carbocycles. The molecule has 176 valence electrons. The molecule has 1 saturated heterocycles. The summed E-state index contributed by atoms with van der Waals surface area (Å²) in [5, 5.41) is 11.2. The number of carbonyl (C=O) groups is 2. The number of benzene rings is 3. The molecule has 5 rings (SSSR count). The zero-order valence-corrected chi connectivity index (χ0v) is 19.6. The number of Topliss-reactive ketones (excluding diaryl/α,β-unsaturated/α-hetero) is 1. The number of rotatable bonds is 5. The van der Waals surface area contributed by atoms with Crippen LogP contribution in [0.15, 0.2) is 78.4 Å². The standard InChI is InChI=1S/C28H25N3O4/c1-16(2)35-20-14-12-18(13-15-20)24-23(25(32)19-10-8-17(3)9-11-19)26(33)27(34)31(24)28-29-21-6-4-5-7-22(21)30-28/h4-16,24,32H,1-3H3,(H,29,30)/b25-23+. The van der Waals surface area contributed by atoms with Crippen molar-refractivity contribution < 1.29 is 19.4 Å². The molecule has 0 bridgehead atoms. The number of nitrogens with one attached hydrogen (secondary N) is 1. The Hall–Kier alpha value is -4.39. The molecule has 2 heterocycles. The van der Waals surface area contributed by atoms with Gasteiger partial charge < -0.3 is 14.8 Å². The van der Waals surface area contributed by atoms with Crippen LogP contribution in [0.2, 0.25) is 0 Å². The van der Waals surface area contributed by atoms with Crippen molar-refractivity contribution in [2.45, 2.75) is 32.9 Å². The molecule has 2 N–H and O–H groups in total. The lowest BCUT2D eigenvalue weighted by Gasteiger charge is -2.23. The largest absolute Gasteiger partial charge is 0.507 e. The van der Waals surface area contributed by atoms with Crippen molar-refractivity contribution in [1.82, 2.24) is 9.97 Å². The molecular weight excluding hydrogens is 442 g/mol. The van der Waals surface area contributed by atoms with E-state index in [4.69, 9.17) is 4.74 Å². The molecule has 1 amide bonds. The molecular formula is C28H25N3O4. The fourth-order valence-corrected chi connectivity index (χ4v) is 4.29. The maximum absolute atomic E-state index is 13.3. The second kappa shape index (κ2) is 8.76. The number of ketones is 1. The first kappa shape index (κ1) is 22.4. The van der Waals surface area contributed by atoms with Crippen LogP contribution in [-0.2, 0) is 9.59 Å². The molecule has 7 heteroatoms. The zero-order valence-electron chi connectivity index (χ0n) is 19.6. The molecule has 1 atom stereocenters. The summed E-state index contributed by atoms with van der Waals surface area (Å²) in [5.41, 5.74) is 3.54. The third-order valence-electron chi connectivity index (χ3n) is 5.94. The van der Waals surface area contributed by atoms with E-state index in [0.717, 1.165) is 11.1 Å². The maximum Gasteiger partial charge on any atom is 0.302 e. The number of ether oxygens (including phenoxy) is 1. The van der Waals surface area contributed by atoms with E-state index in [2.05, 4.69) is 9.97 Å². The van der Waals surface area contributed by atoms with E-state index in [0.29, 0.717) is 22.4 Å². The Morgan fingerprint density at radius 1 is 1.00 bits per heavy atom. The summed E-state index contributed by atoms with van der Waals surface area (Å²) < 4.78 is 5.75. The Labute approximate surface area is 202 Å². The number of imidazole rings is 1. The summed E-state index contributed by atoms with van der Waals surface area (Å²) in [6, 6.07) is 20.8. The number of H-pyrrole nitrogens is 1. The van der Waals surface area contributed by atoms with Gasteiger partial charge in [-0.1, -0.05) is 54.1 Å². The van der Waals surface area contributed by atoms with Crippen LogP contribution in [0.1, 0.15) is 36.6 Å². The van der Waals surface area contributed by atoms with Gasteiger partial charge in [0.05, 0.1) is 28.8 Å². The fourth-order valence-electron chi connectivity index (χ4n) is 4.29. The number of hydrogen-bond acceptors (Lipinski definition) is 5. The van der Waals surface area contributed by atoms with Crippen LogP contribution in [-0.4, -0.2) is 32.9 Å². The Balaban J connectivity index is 1.68. The van der Waals surface area contributed by atoms with Crippen molar-refractivity contribution >= 4 is 34.4 Å². The van der Waals surface area contributed by atoms with Gasteiger partial charge in [0.2, 0.25) is 5.95 Å². The first-order valence-electron chi connectivity index (χ1n) is 11.4. The van der Waals surface area contributed by atoms with Crippen LogP contribution in [0.3, 0.4) is 0 Å². The van der Waals surface area contributed by atoms with Gasteiger partial charge in [-0.25, -0.2) is 4.98 Å². The Morgan fingerprint density at radius 3 is 2.34 bits per heavy atom. The summed E-state index contributed by atoms with van der Waals surface area (Å²) in [6.07, 6.45) is 0.00331. The van der Waals surface area contributed by atoms with Crippen molar-refractivity contribution in [1.29, 1.82) is 0 Å². The van der Waals surface area contributed by atoms with Gasteiger partial charge >= 0.3 is 5.91 Å². The first-order chi connectivity index (χ1) is 16.8. The van der Waals surface area contributed by atoms with Crippen LogP contribution in [0.5, 0.6) is 5.75 Å². The highest BCUT2D eigenvalue weighted by Crippen LogP contribution is 2.42. The molecule has 35 heavy (non-hydrogen) atoms. The van der Waals surface area contributed by atoms with Gasteiger partial charge in [0.1, 0.15) is 11.5 Å². The number of fused-ring (bicyclic) bond motifs is 1. The highest BCUT2D eigenvalue weighted by Gasteiger charge is 2.48. The highest BCUT2D eigenvalue weighted by atomic mass is 16.5. The van der Waals surface area contributed by atoms with Crippen LogP contribution in [0, 0.1) is 6.92 Å². The lowest BCUT2D eigenvalue weighted by molar-refractivity contribution is -0.132. The van der Waals surface area contributed by atoms with Gasteiger partial charge in [0.15, 0.2) is 0 Å². The van der Waals surface area contributed by atoms with E-state index < -0.39 is 17.7 Å². The van der Waals surface area contributed by atoms with E-state index in [-0.39, 0.29) is 23.4 Å². The number of aromatic amines is 1. The number of aliphatic hydroxyl groups excluding tert-OH is 1. The zero-order chi connectivity index (χ0) is 24.7. The first-order valence-corrected chi connectivity index (χ1v) is 11.4. The van der Waals surface area contributed by atoms with Gasteiger partial charge in [0, 0.05) is 5.56 Å². The monoisotopic (exact) mass is 467 g/mol. The van der Waals surface area contributed by atoms with E-state index in [1.165, 1.54) is 4.90 Å². The molecule has 0 spiro atoms. The molecule has 1 aliphatic heterocycles. The molecule has 1 aliphatic rings. The van der Waals surface area contributed by atoms with Gasteiger partial charge in [-0.05, 0) is 50.6 Å². The molecule has 0 saturated carbocycles. The number of anilines is 1. The minimum Gasteiger partial charge on any atom is -0.507 e. The Morgan fingerprint density at radius 2 is 1.69 bits per heavy atom. The fraction of sp³-hybridized carbons (Fsp3) is 0.179. The molecule has 4 aromatic rings. The second-order valence-electron chi connectivity index (χ2n) is 8.85. The van der Waals surface area contributed by atoms with Crippen LogP contribution in [0.25, 0.3) is 16.8 Å². The number of aromatic nitrogens is 2. The number of para-hydroxylation sites is 2. The number of aliphatic hydroxyl groups is 1. The minimum absolute atomic E-state index is 0.00331. The average molecular weight is 468 g/mol. The van der Waals surface area contributed by atoms with Crippen LogP contribution < -0.4 is 9.64 Å². The third-order valence-corrected chi connectivity index (χ3v) is 5.94. The molecule has 1 unspecified atom stereocenters. The molecule has 1 fully saturated rings. The molecule has 1 aromatic heterocycles. The lowest BCUT2D eigenvalue weighted by atomic mass is 9.95. The van der Waals surface area contributed by atoms with E-state index in [9.17, 15) is 14.7 Å². The molecule has 7 nitrogen and oxygen atoms in total. The SMILES string of the molecule is Cc1ccc(/C(O)=C2\C(=O)C(=O)N(c3nc4ccccc4[nH]3)C2c2ccc(OC(C)C)cc2)cc1. The van der Waals surface area contributed by atoms with Crippen molar-refractivity contribution in [2.75, 3.05) is 4.90 Å². The lowest BCUT2D eigenvalue weighted by Crippen LogP contribution is -2.30. The summed E-state index contributed by atoms with van der Waals surface area (Å²) in [5.74, 6) is -0.845. The Kier molecular flexibility index (Phi) is 5.61. The molecule has 3 aromatic carbocycles. The van der Waals surface area contributed by atoms with Crippen LogP contribution >= 0.6 is 0 Å². The normalized spacial score (nSPS) is 17.5. The maximum atomic E-state index is 13.3. The van der Waals surface area contributed by atoms with Gasteiger partial charge in [-0.2, -0.15) is 0 Å². The number of nitrogens with zero attached hydrogens (tertiary/aromatic N) is 2. The quantitative estimate of drug-likeness (QED) is 0.236. The summed E-state index contributed by atoms with van der Waals surface area (Å²) in [7, 11) is 0. The minimum atomic E-state index is -0.870. The predicted octanol–water partition coefficient (Wildman–Crippen LogP) is 5.28. The van der Waals surface area contributed by atoms with E-state index in [1.54, 1.807) is 36.4 Å². The molecule has 0 radical (unpaired) electrons.